The van der Waals surface area contributed by atoms with Crippen molar-refractivity contribution in [1.29, 1.82) is 0 Å². The molecule has 0 atom stereocenters. The van der Waals surface area contributed by atoms with E-state index in [-0.39, 0.29) is 22.6 Å². The summed E-state index contributed by atoms with van der Waals surface area (Å²) in [6.45, 7) is 1.99. The highest BCUT2D eigenvalue weighted by molar-refractivity contribution is 7.15. The fraction of sp³-hybridized carbons (Fsp3) is 0.481. The number of nitrogens with one attached hydrogen (secondary N) is 1. The molecule has 1 N–H and O–H groups in total. The highest BCUT2D eigenvalue weighted by Gasteiger charge is 2.52. The standard InChI is InChI=1S/C27H27F3N6OS/c1-2-18-3-4-21(38-18)19-10-22(27(28,29)30)36-24(31-19)11-20(33-36)25(37)32-23-5-6-35(34-23)26-12-15-7-16(13-26)9-17(8-15)14-26/h3-6,10-11,15-17H,2,7-9,12-14H2,1H3,(H,32,34,37). The zero-order valence-corrected chi connectivity index (χ0v) is 21.6. The van der Waals surface area contributed by atoms with Crippen LogP contribution in [0.25, 0.3) is 16.2 Å². The van der Waals surface area contributed by atoms with Gasteiger partial charge in [-0.05, 0) is 80.9 Å². The van der Waals surface area contributed by atoms with Crippen LogP contribution >= 0.6 is 11.3 Å². The van der Waals surface area contributed by atoms with E-state index in [0.717, 1.165) is 54.4 Å². The van der Waals surface area contributed by atoms with Crippen LogP contribution in [-0.2, 0) is 18.1 Å². The maximum atomic E-state index is 14.0. The number of carbonyl (C=O) groups excluding carboxylic acids is 1. The summed E-state index contributed by atoms with van der Waals surface area (Å²) in [4.78, 5) is 19.1. The zero-order valence-electron chi connectivity index (χ0n) is 20.8. The van der Waals surface area contributed by atoms with Crippen LogP contribution in [0.1, 0.15) is 66.5 Å². The van der Waals surface area contributed by atoms with Crippen molar-refractivity contribution < 1.29 is 18.0 Å². The molecule has 0 radical (unpaired) electrons. The Kier molecular flexibility index (Phi) is 5.27. The molecule has 4 aromatic heterocycles. The Morgan fingerprint density at radius 1 is 1.08 bits per heavy atom. The van der Waals surface area contributed by atoms with Gasteiger partial charge in [0.1, 0.15) is 0 Å². The predicted molar refractivity (Wildman–Crippen MR) is 137 cm³/mol. The molecular weight excluding hydrogens is 513 g/mol. The van der Waals surface area contributed by atoms with Gasteiger partial charge in [0, 0.05) is 23.2 Å². The van der Waals surface area contributed by atoms with Gasteiger partial charge in [0.05, 0.1) is 16.1 Å². The van der Waals surface area contributed by atoms with Crippen LogP contribution in [0.15, 0.2) is 36.5 Å². The smallest absolute Gasteiger partial charge is 0.304 e. The Bertz CT molecular complexity index is 1510. The lowest BCUT2D eigenvalue weighted by Crippen LogP contribution is -2.52. The third-order valence-corrected chi connectivity index (χ3v) is 9.79. The van der Waals surface area contributed by atoms with E-state index in [9.17, 15) is 18.0 Å². The molecule has 4 bridgehead atoms. The molecule has 4 fully saturated rings. The molecule has 0 aliphatic heterocycles. The van der Waals surface area contributed by atoms with Crippen molar-refractivity contribution in [2.45, 2.75) is 63.6 Å². The summed E-state index contributed by atoms with van der Waals surface area (Å²) in [6.07, 6.45) is 5.37. The number of aromatic nitrogens is 5. The number of alkyl halides is 3. The lowest BCUT2D eigenvalue weighted by Gasteiger charge is -2.56. The van der Waals surface area contributed by atoms with Crippen molar-refractivity contribution in [1.82, 2.24) is 24.4 Å². The third-order valence-electron chi connectivity index (χ3n) is 8.54. The molecule has 0 aromatic carbocycles. The summed E-state index contributed by atoms with van der Waals surface area (Å²) in [5, 5.41) is 11.4. The molecule has 4 saturated carbocycles. The lowest BCUT2D eigenvalue weighted by molar-refractivity contribution is -0.142. The van der Waals surface area contributed by atoms with E-state index in [4.69, 9.17) is 5.10 Å². The average molecular weight is 541 g/mol. The summed E-state index contributed by atoms with van der Waals surface area (Å²) in [7, 11) is 0. The molecule has 4 aliphatic carbocycles. The van der Waals surface area contributed by atoms with Gasteiger partial charge in [0.25, 0.3) is 5.91 Å². The summed E-state index contributed by atoms with van der Waals surface area (Å²) >= 11 is 1.40. The van der Waals surface area contributed by atoms with Crippen LogP contribution in [0.4, 0.5) is 19.0 Å². The van der Waals surface area contributed by atoms with E-state index >= 15 is 0 Å². The predicted octanol–water partition coefficient (Wildman–Crippen LogP) is 6.41. The number of aryl methyl sites for hydroxylation is 1. The average Bonchev–Trinajstić information content (AvgIpc) is 3.61. The highest BCUT2D eigenvalue weighted by atomic mass is 32.1. The second-order valence-electron chi connectivity index (χ2n) is 11.2. The van der Waals surface area contributed by atoms with E-state index in [1.807, 2.05) is 23.9 Å². The summed E-state index contributed by atoms with van der Waals surface area (Å²) in [6, 6.07) is 7.69. The van der Waals surface area contributed by atoms with Crippen LogP contribution in [0.5, 0.6) is 0 Å². The highest BCUT2D eigenvalue weighted by Crippen LogP contribution is 2.58. The van der Waals surface area contributed by atoms with E-state index in [1.165, 1.54) is 36.7 Å². The topological polar surface area (TPSA) is 77.1 Å². The first-order valence-corrected chi connectivity index (χ1v) is 14.0. The van der Waals surface area contributed by atoms with E-state index in [1.54, 1.807) is 12.1 Å². The minimum atomic E-state index is -4.67. The summed E-state index contributed by atoms with van der Waals surface area (Å²) in [5.74, 6) is 2.02. The Morgan fingerprint density at radius 3 is 2.42 bits per heavy atom. The lowest BCUT2D eigenvalue weighted by atomic mass is 9.53. The maximum Gasteiger partial charge on any atom is 0.433 e. The molecule has 198 valence electrons. The van der Waals surface area contributed by atoms with Gasteiger partial charge in [-0.15, -0.1) is 11.3 Å². The Balaban J connectivity index is 1.17. The first kappa shape index (κ1) is 23.9. The number of rotatable bonds is 5. The molecule has 0 saturated heterocycles. The minimum Gasteiger partial charge on any atom is -0.304 e. The minimum absolute atomic E-state index is 0.0161. The van der Waals surface area contributed by atoms with Crippen LogP contribution in [0.2, 0.25) is 0 Å². The second kappa shape index (κ2) is 8.39. The molecule has 38 heavy (non-hydrogen) atoms. The molecule has 4 aliphatic rings. The number of halogens is 3. The normalized spacial score (nSPS) is 26.4. The van der Waals surface area contributed by atoms with Gasteiger partial charge in [-0.25, -0.2) is 9.50 Å². The first-order chi connectivity index (χ1) is 18.2. The van der Waals surface area contributed by atoms with E-state index in [2.05, 4.69) is 15.4 Å². The number of hydrogen-bond donors (Lipinski definition) is 1. The van der Waals surface area contributed by atoms with Gasteiger partial charge >= 0.3 is 6.18 Å². The van der Waals surface area contributed by atoms with Crippen molar-refractivity contribution in [3.05, 3.63) is 52.8 Å². The van der Waals surface area contributed by atoms with E-state index < -0.39 is 17.8 Å². The second-order valence-corrected chi connectivity index (χ2v) is 12.4. The van der Waals surface area contributed by atoms with Gasteiger partial charge in [-0.3, -0.25) is 9.48 Å². The quantitative estimate of drug-likeness (QED) is 0.317. The molecule has 0 unspecified atom stereocenters. The van der Waals surface area contributed by atoms with Crippen LogP contribution in [-0.4, -0.2) is 30.3 Å². The molecule has 4 aromatic rings. The van der Waals surface area contributed by atoms with Gasteiger partial charge in [-0.2, -0.15) is 23.4 Å². The Labute approximate surface area is 221 Å². The van der Waals surface area contributed by atoms with Gasteiger partial charge in [-0.1, -0.05) is 6.92 Å². The molecule has 1 amide bonds. The van der Waals surface area contributed by atoms with Crippen molar-refractivity contribution in [3.8, 4) is 10.6 Å². The number of carbonyl (C=O) groups is 1. The number of fused-ring (bicyclic) bond motifs is 1. The van der Waals surface area contributed by atoms with Gasteiger partial charge < -0.3 is 5.32 Å². The summed E-state index contributed by atoms with van der Waals surface area (Å²) < 4.78 is 44.6. The van der Waals surface area contributed by atoms with Crippen LogP contribution in [0.3, 0.4) is 0 Å². The molecule has 0 spiro atoms. The SMILES string of the molecule is CCc1ccc(-c2cc(C(F)(F)F)n3nc(C(=O)Nc4ccn(C56CC7CC(CC(C7)C5)C6)n4)cc3n2)s1. The van der Waals surface area contributed by atoms with E-state index in [0.29, 0.717) is 15.2 Å². The van der Waals surface area contributed by atoms with Crippen molar-refractivity contribution >= 4 is 28.7 Å². The van der Waals surface area contributed by atoms with Crippen molar-refractivity contribution in [2.24, 2.45) is 17.8 Å². The number of anilines is 1. The van der Waals surface area contributed by atoms with Gasteiger partial charge in [0.2, 0.25) is 0 Å². The molecule has 8 rings (SSSR count). The Hall–Kier alpha value is -3.21. The molecule has 7 nitrogen and oxygen atoms in total. The van der Waals surface area contributed by atoms with Crippen molar-refractivity contribution in [2.75, 3.05) is 5.32 Å². The third kappa shape index (κ3) is 3.93. The summed E-state index contributed by atoms with van der Waals surface area (Å²) in [5.41, 5.74) is -0.942. The molecule has 4 heterocycles. The number of amides is 1. The first-order valence-electron chi connectivity index (χ1n) is 13.1. The fourth-order valence-electron chi connectivity index (χ4n) is 7.30. The fourth-order valence-corrected chi connectivity index (χ4v) is 8.21. The number of nitrogens with zero attached hydrogens (tertiary/aromatic N) is 5. The monoisotopic (exact) mass is 540 g/mol. The number of hydrogen-bond acceptors (Lipinski definition) is 5. The van der Waals surface area contributed by atoms with Crippen LogP contribution in [0, 0.1) is 17.8 Å². The zero-order chi connectivity index (χ0) is 26.2. The largest absolute Gasteiger partial charge is 0.433 e. The van der Waals surface area contributed by atoms with Crippen molar-refractivity contribution in [3.63, 3.8) is 0 Å². The molecule has 11 heteroatoms. The Morgan fingerprint density at radius 2 is 1.79 bits per heavy atom. The number of thiophene rings is 1. The maximum absolute atomic E-state index is 14.0. The van der Waals surface area contributed by atoms with Gasteiger partial charge in [0.15, 0.2) is 22.9 Å². The van der Waals surface area contributed by atoms with Crippen LogP contribution < -0.4 is 5.32 Å². The molecular formula is C27H27F3N6OS.